The molecular weight excluding hydrogens is 386 g/mol. The largest absolute Gasteiger partial charge is 0.497 e. The number of esters is 1. The van der Waals surface area contributed by atoms with Crippen LogP contribution in [-0.4, -0.2) is 42.8 Å². The van der Waals surface area contributed by atoms with Gasteiger partial charge in [-0.25, -0.2) is 9.78 Å². The highest BCUT2D eigenvalue weighted by Crippen LogP contribution is 2.39. The van der Waals surface area contributed by atoms with Crippen molar-refractivity contribution >= 4 is 17.7 Å². The average molecular weight is 407 g/mol. The molecule has 8 nitrogen and oxygen atoms in total. The number of carbonyl (C=O) groups excluding carboxylic acids is 2. The highest BCUT2D eigenvalue weighted by Gasteiger charge is 2.31. The zero-order chi connectivity index (χ0) is 21.3. The molecule has 0 unspecified atom stereocenters. The van der Waals surface area contributed by atoms with Gasteiger partial charge >= 0.3 is 5.97 Å². The van der Waals surface area contributed by atoms with Crippen LogP contribution < -0.4 is 14.8 Å². The number of aromatic nitrogens is 2. The first kappa shape index (κ1) is 19.5. The third-order valence-electron chi connectivity index (χ3n) is 5.15. The Hall–Kier alpha value is -3.81. The fraction of sp³-hybridized carbons (Fsp3) is 0.227. The van der Waals surface area contributed by atoms with Crippen molar-refractivity contribution in [1.29, 1.82) is 0 Å². The van der Waals surface area contributed by atoms with E-state index in [1.165, 1.54) is 7.11 Å². The molecule has 0 saturated heterocycles. The molecule has 2 heterocycles. The van der Waals surface area contributed by atoms with Crippen LogP contribution in [0.25, 0.3) is 5.69 Å². The van der Waals surface area contributed by atoms with Crippen molar-refractivity contribution < 1.29 is 23.8 Å². The van der Waals surface area contributed by atoms with E-state index in [-0.39, 0.29) is 18.2 Å². The molecule has 154 valence electrons. The molecule has 3 aromatic rings. The Balaban J connectivity index is 1.77. The van der Waals surface area contributed by atoms with E-state index in [0.29, 0.717) is 28.6 Å². The first-order chi connectivity index (χ1) is 14.5. The number of rotatable bonds is 5. The van der Waals surface area contributed by atoms with Crippen LogP contribution in [0.15, 0.2) is 48.8 Å². The fourth-order valence-electron chi connectivity index (χ4n) is 3.62. The average Bonchev–Trinajstić information content (AvgIpc) is 3.21. The Kier molecular flexibility index (Phi) is 5.14. The maximum absolute atomic E-state index is 12.5. The van der Waals surface area contributed by atoms with E-state index in [0.717, 1.165) is 11.3 Å². The predicted octanol–water partition coefficient (Wildman–Crippen LogP) is 3.15. The minimum Gasteiger partial charge on any atom is -0.497 e. The number of hydrogen-bond donors (Lipinski definition) is 1. The number of nitrogens with one attached hydrogen (secondary N) is 1. The maximum Gasteiger partial charge on any atom is 0.337 e. The number of fused-ring (bicyclic) bond motifs is 1. The zero-order valence-electron chi connectivity index (χ0n) is 16.8. The van der Waals surface area contributed by atoms with E-state index < -0.39 is 5.97 Å². The summed E-state index contributed by atoms with van der Waals surface area (Å²) in [5, 5.41) is 2.93. The van der Waals surface area contributed by atoms with Crippen LogP contribution >= 0.6 is 0 Å². The Morgan fingerprint density at radius 2 is 1.87 bits per heavy atom. The first-order valence-electron chi connectivity index (χ1n) is 9.33. The van der Waals surface area contributed by atoms with Crippen LogP contribution in [0.4, 0.5) is 5.82 Å². The second kappa shape index (κ2) is 7.90. The Bertz CT molecular complexity index is 1100. The van der Waals surface area contributed by atoms with Crippen LogP contribution in [-0.2, 0) is 9.53 Å². The van der Waals surface area contributed by atoms with Crippen LogP contribution in [0.2, 0.25) is 0 Å². The van der Waals surface area contributed by atoms with Gasteiger partial charge in [0, 0.05) is 18.4 Å². The molecule has 0 radical (unpaired) electrons. The highest BCUT2D eigenvalue weighted by atomic mass is 16.5. The summed E-state index contributed by atoms with van der Waals surface area (Å²) in [6, 6.07) is 12.5. The summed E-state index contributed by atoms with van der Waals surface area (Å²) in [6.07, 6.45) is 1.92. The number of imidazole rings is 1. The lowest BCUT2D eigenvalue weighted by Gasteiger charge is -2.24. The maximum atomic E-state index is 12.5. The highest BCUT2D eigenvalue weighted by molar-refractivity contribution is 5.94. The number of ether oxygens (including phenoxy) is 3. The third kappa shape index (κ3) is 3.36. The number of carbonyl (C=O) groups is 2. The molecule has 1 aromatic heterocycles. The molecule has 1 N–H and O–H groups in total. The van der Waals surface area contributed by atoms with Gasteiger partial charge in [0.1, 0.15) is 23.6 Å². The molecular formula is C22H21N3O5. The van der Waals surface area contributed by atoms with Crippen LogP contribution in [0.1, 0.15) is 34.0 Å². The van der Waals surface area contributed by atoms with Gasteiger partial charge in [0.25, 0.3) is 0 Å². The van der Waals surface area contributed by atoms with Gasteiger partial charge in [-0.2, -0.15) is 0 Å². The number of amides is 1. The van der Waals surface area contributed by atoms with Gasteiger partial charge in [-0.05, 0) is 29.8 Å². The number of nitrogens with zero attached hydrogens (tertiary/aromatic N) is 2. The summed E-state index contributed by atoms with van der Waals surface area (Å²) in [6.45, 7) is 0. The van der Waals surface area contributed by atoms with Crippen molar-refractivity contribution in [3.8, 4) is 17.2 Å². The van der Waals surface area contributed by atoms with Crippen molar-refractivity contribution in [2.45, 2.75) is 12.3 Å². The van der Waals surface area contributed by atoms with Gasteiger partial charge in [0.15, 0.2) is 0 Å². The molecule has 1 aliphatic heterocycles. The number of hydrogen-bond acceptors (Lipinski definition) is 6. The second-order valence-corrected chi connectivity index (χ2v) is 6.80. The van der Waals surface area contributed by atoms with Gasteiger partial charge in [0.05, 0.1) is 38.3 Å². The number of anilines is 1. The molecule has 0 saturated carbocycles. The summed E-state index contributed by atoms with van der Waals surface area (Å²) < 4.78 is 17.3. The summed E-state index contributed by atoms with van der Waals surface area (Å²) in [5.74, 6) is 1.10. The SMILES string of the molecule is COC(=O)c1ccc([C@@H]2CC(=O)Nc3c2ncn3-c2cc(OC)ccc2OC)cc1. The van der Waals surface area contributed by atoms with Crippen molar-refractivity contribution in [3.05, 3.63) is 65.6 Å². The predicted molar refractivity (Wildman–Crippen MR) is 110 cm³/mol. The molecule has 0 bridgehead atoms. The molecule has 1 amide bonds. The van der Waals surface area contributed by atoms with Gasteiger partial charge in [-0.15, -0.1) is 0 Å². The standard InChI is InChI=1S/C22H21N3O5/c1-28-15-8-9-18(29-2)17(10-15)25-12-23-20-16(11-19(26)24-21(20)25)13-4-6-14(7-5-13)22(27)30-3/h4-10,12,16H,11H2,1-3H3,(H,24,26)/t16-/m0/s1. The van der Waals surface area contributed by atoms with E-state index >= 15 is 0 Å². The monoisotopic (exact) mass is 407 g/mol. The van der Waals surface area contributed by atoms with Crippen LogP contribution in [0.3, 0.4) is 0 Å². The Labute approximate surface area is 173 Å². The number of benzene rings is 2. The summed E-state index contributed by atoms with van der Waals surface area (Å²) in [7, 11) is 4.51. The molecule has 30 heavy (non-hydrogen) atoms. The smallest absolute Gasteiger partial charge is 0.337 e. The van der Waals surface area contributed by atoms with Gasteiger partial charge in [-0.1, -0.05) is 12.1 Å². The number of methoxy groups -OCH3 is 3. The van der Waals surface area contributed by atoms with Gasteiger partial charge in [-0.3, -0.25) is 9.36 Å². The Morgan fingerprint density at radius 1 is 1.10 bits per heavy atom. The lowest BCUT2D eigenvalue weighted by atomic mass is 9.89. The lowest BCUT2D eigenvalue weighted by Crippen LogP contribution is -2.25. The molecule has 2 aromatic carbocycles. The van der Waals surface area contributed by atoms with Crippen molar-refractivity contribution in [3.63, 3.8) is 0 Å². The van der Waals surface area contributed by atoms with E-state index in [1.807, 2.05) is 18.2 Å². The van der Waals surface area contributed by atoms with Crippen molar-refractivity contribution in [2.24, 2.45) is 0 Å². The topological polar surface area (TPSA) is 91.7 Å². The molecule has 0 fully saturated rings. The minimum atomic E-state index is -0.405. The zero-order valence-corrected chi connectivity index (χ0v) is 16.8. The van der Waals surface area contributed by atoms with E-state index in [2.05, 4.69) is 10.3 Å². The van der Waals surface area contributed by atoms with Gasteiger partial charge in [0.2, 0.25) is 5.91 Å². The fourth-order valence-corrected chi connectivity index (χ4v) is 3.62. The van der Waals surface area contributed by atoms with Crippen molar-refractivity contribution in [1.82, 2.24) is 9.55 Å². The van der Waals surface area contributed by atoms with E-state index in [1.54, 1.807) is 49.4 Å². The van der Waals surface area contributed by atoms with Gasteiger partial charge < -0.3 is 19.5 Å². The summed E-state index contributed by atoms with van der Waals surface area (Å²) >= 11 is 0. The van der Waals surface area contributed by atoms with Crippen molar-refractivity contribution in [2.75, 3.05) is 26.6 Å². The lowest BCUT2D eigenvalue weighted by molar-refractivity contribution is -0.116. The molecule has 4 rings (SSSR count). The normalized spacial score (nSPS) is 15.2. The Morgan fingerprint density at radius 3 is 2.53 bits per heavy atom. The summed E-state index contributed by atoms with van der Waals surface area (Å²) in [5.41, 5.74) is 2.79. The third-order valence-corrected chi connectivity index (χ3v) is 5.15. The molecule has 1 atom stereocenters. The molecule has 1 aliphatic rings. The molecule has 0 aliphatic carbocycles. The second-order valence-electron chi connectivity index (χ2n) is 6.80. The molecule has 8 heteroatoms. The van der Waals surface area contributed by atoms with Crippen LogP contribution in [0.5, 0.6) is 11.5 Å². The van der Waals surface area contributed by atoms with E-state index in [9.17, 15) is 9.59 Å². The summed E-state index contributed by atoms with van der Waals surface area (Å²) in [4.78, 5) is 28.8. The van der Waals surface area contributed by atoms with Crippen LogP contribution in [0, 0.1) is 0 Å². The molecule has 0 spiro atoms. The van der Waals surface area contributed by atoms with E-state index in [4.69, 9.17) is 14.2 Å². The quantitative estimate of drug-likeness (QED) is 0.654. The first-order valence-corrected chi connectivity index (χ1v) is 9.33. The minimum absolute atomic E-state index is 0.117.